The molecule has 283 valence electrons. The van der Waals surface area contributed by atoms with E-state index < -0.39 is 0 Å². The molecule has 5 nitrogen and oxygen atoms in total. The second-order valence-electron chi connectivity index (χ2n) is 18.2. The molecule has 0 saturated heterocycles. The molecule has 0 N–H and O–H groups in total. The zero-order valence-electron chi connectivity index (χ0n) is 33.8. The van der Waals surface area contributed by atoms with Gasteiger partial charge >= 0.3 is 0 Å². The molecule has 2 aromatic carbocycles. The van der Waals surface area contributed by atoms with Gasteiger partial charge in [0.1, 0.15) is 0 Å². The Morgan fingerprint density at radius 1 is 0.564 bits per heavy atom. The summed E-state index contributed by atoms with van der Waals surface area (Å²) >= 11 is 0. The van der Waals surface area contributed by atoms with Crippen molar-refractivity contribution in [3.63, 3.8) is 0 Å². The van der Waals surface area contributed by atoms with Gasteiger partial charge in [-0.15, -0.1) is 64.7 Å². The first kappa shape index (κ1) is 38.8. The van der Waals surface area contributed by atoms with E-state index in [4.69, 9.17) is 4.98 Å². The van der Waals surface area contributed by atoms with Gasteiger partial charge in [0.2, 0.25) is 0 Å². The Kier molecular flexibility index (Phi) is 9.58. The van der Waals surface area contributed by atoms with Crippen LogP contribution in [0.3, 0.4) is 0 Å². The fourth-order valence-electron chi connectivity index (χ4n) is 8.98. The van der Waals surface area contributed by atoms with Crippen molar-refractivity contribution in [2.75, 3.05) is 0 Å². The summed E-state index contributed by atoms with van der Waals surface area (Å²) in [6, 6.07) is 30.0. The van der Waals surface area contributed by atoms with E-state index in [1.54, 1.807) is 6.20 Å². The Labute approximate surface area is 340 Å². The van der Waals surface area contributed by atoms with Gasteiger partial charge < -0.3 is 14.5 Å². The minimum absolute atomic E-state index is 0. The molecule has 2 aliphatic carbocycles. The summed E-state index contributed by atoms with van der Waals surface area (Å²) in [6.07, 6.45) is 13.8. The minimum Gasteiger partial charge on any atom is -0.327 e. The molecule has 0 spiro atoms. The van der Waals surface area contributed by atoms with Crippen LogP contribution in [0.15, 0.2) is 104 Å². The molecule has 0 aliphatic heterocycles. The minimum atomic E-state index is 0. The van der Waals surface area contributed by atoms with Crippen molar-refractivity contribution in [3.05, 3.63) is 138 Å². The smallest absolute Gasteiger partial charge is 0.0555 e. The Morgan fingerprint density at radius 3 is 1.82 bits per heavy atom. The van der Waals surface area contributed by atoms with Crippen LogP contribution in [-0.4, -0.2) is 24.5 Å². The molecule has 0 bridgehead atoms. The molecule has 6 heteroatoms. The molecule has 7 aromatic rings. The SMILES string of the molecule is CC1(C)CCC(C)(C)c2cc(-c3[c-]cc4c(c3)C(C)(C)C(C)(C)C4(C)C)ncc21.[Ir].[c-]1ccc(-n2c3ccncc3c3cnccc32)cc1-c1ccccn1. The maximum atomic E-state index is 4.94. The van der Waals surface area contributed by atoms with Gasteiger partial charge in [0.05, 0.1) is 11.0 Å². The summed E-state index contributed by atoms with van der Waals surface area (Å²) < 4.78 is 2.23. The van der Waals surface area contributed by atoms with Gasteiger partial charge in [0.15, 0.2) is 0 Å². The van der Waals surface area contributed by atoms with Crippen LogP contribution in [-0.2, 0) is 41.8 Å². The maximum Gasteiger partial charge on any atom is 0.0555 e. The van der Waals surface area contributed by atoms with E-state index in [1.807, 2.05) is 61.2 Å². The predicted octanol–water partition coefficient (Wildman–Crippen LogP) is 11.9. The first-order valence-corrected chi connectivity index (χ1v) is 19.2. The third kappa shape index (κ3) is 6.17. The van der Waals surface area contributed by atoms with Crippen LogP contribution in [0.2, 0.25) is 0 Å². The molecule has 0 atom stereocenters. The number of fused-ring (bicyclic) bond motifs is 5. The van der Waals surface area contributed by atoms with Gasteiger partial charge in [-0.05, 0) is 86.3 Å². The summed E-state index contributed by atoms with van der Waals surface area (Å²) in [5.41, 5.74) is 13.9. The average Bonchev–Trinajstić information content (AvgIpc) is 3.55. The Morgan fingerprint density at radius 2 is 1.18 bits per heavy atom. The normalized spacial score (nSPS) is 18.1. The van der Waals surface area contributed by atoms with E-state index in [0.29, 0.717) is 0 Å². The molecule has 0 unspecified atom stereocenters. The molecule has 9 rings (SSSR count). The van der Waals surface area contributed by atoms with Crippen LogP contribution in [0.5, 0.6) is 0 Å². The van der Waals surface area contributed by atoms with E-state index in [1.165, 1.54) is 35.1 Å². The molecule has 0 amide bonds. The number of benzene rings is 2. The van der Waals surface area contributed by atoms with Crippen molar-refractivity contribution >= 4 is 21.8 Å². The molecule has 5 aromatic heterocycles. The van der Waals surface area contributed by atoms with Crippen LogP contribution in [0.1, 0.15) is 104 Å². The number of pyridine rings is 4. The van der Waals surface area contributed by atoms with Crippen molar-refractivity contribution < 1.29 is 20.1 Å². The van der Waals surface area contributed by atoms with E-state index in [0.717, 1.165) is 50.0 Å². The van der Waals surface area contributed by atoms with Gasteiger partial charge in [-0.25, -0.2) is 0 Å². The van der Waals surface area contributed by atoms with Gasteiger partial charge in [0, 0.05) is 68.1 Å². The second-order valence-corrected chi connectivity index (χ2v) is 18.2. The van der Waals surface area contributed by atoms with Crippen LogP contribution < -0.4 is 0 Å². The summed E-state index contributed by atoms with van der Waals surface area (Å²) in [6.45, 7) is 23.9. The second kappa shape index (κ2) is 13.6. The van der Waals surface area contributed by atoms with Crippen LogP contribution >= 0.6 is 0 Å². The third-order valence-electron chi connectivity index (χ3n) is 13.8. The van der Waals surface area contributed by atoms with E-state index in [2.05, 4.69) is 137 Å². The van der Waals surface area contributed by atoms with Gasteiger partial charge in [-0.2, -0.15) is 0 Å². The molecule has 55 heavy (non-hydrogen) atoms. The van der Waals surface area contributed by atoms with Crippen LogP contribution in [0, 0.1) is 17.5 Å². The zero-order chi connectivity index (χ0) is 38.3. The summed E-state index contributed by atoms with van der Waals surface area (Å²) in [5.74, 6) is 0. The Bertz CT molecular complexity index is 2490. The third-order valence-corrected chi connectivity index (χ3v) is 13.8. The zero-order valence-corrected chi connectivity index (χ0v) is 36.2. The van der Waals surface area contributed by atoms with Crippen molar-refractivity contribution in [2.24, 2.45) is 5.41 Å². The summed E-state index contributed by atoms with van der Waals surface area (Å²) in [5, 5.41) is 2.19. The Hall–Kier alpha value is -4.51. The number of hydrogen-bond donors (Lipinski definition) is 0. The molecule has 0 fully saturated rings. The summed E-state index contributed by atoms with van der Waals surface area (Å²) in [4.78, 5) is 17.9. The monoisotopic (exact) mass is 902 g/mol. The molecule has 1 radical (unpaired) electrons. The molecular formula is C49H51IrN5-2. The quantitative estimate of drug-likeness (QED) is 0.166. The fraction of sp³-hybridized carbons (Fsp3) is 0.347. The predicted molar refractivity (Wildman–Crippen MR) is 222 cm³/mol. The Balaban J connectivity index is 0.000000168. The summed E-state index contributed by atoms with van der Waals surface area (Å²) in [7, 11) is 0. The largest absolute Gasteiger partial charge is 0.327 e. The van der Waals surface area contributed by atoms with Crippen molar-refractivity contribution in [1.82, 2.24) is 24.5 Å². The van der Waals surface area contributed by atoms with Crippen molar-refractivity contribution in [1.29, 1.82) is 0 Å². The first-order valence-electron chi connectivity index (χ1n) is 19.2. The average molecular weight is 902 g/mol. The number of hydrogen-bond acceptors (Lipinski definition) is 4. The molecule has 2 aliphatic rings. The van der Waals surface area contributed by atoms with Gasteiger partial charge in [-0.3, -0.25) is 9.97 Å². The van der Waals surface area contributed by atoms with E-state index >= 15 is 0 Å². The number of nitrogens with zero attached hydrogens (tertiary/aromatic N) is 5. The number of aromatic nitrogens is 5. The molecule has 0 saturated carbocycles. The van der Waals surface area contributed by atoms with E-state index in [-0.39, 0.29) is 47.2 Å². The maximum absolute atomic E-state index is 4.94. The topological polar surface area (TPSA) is 56.5 Å². The fourth-order valence-corrected chi connectivity index (χ4v) is 8.98. The van der Waals surface area contributed by atoms with Crippen LogP contribution in [0.4, 0.5) is 0 Å². The molecule has 5 heterocycles. The van der Waals surface area contributed by atoms with Crippen molar-refractivity contribution in [2.45, 2.75) is 104 Å². The molecular weight excluding hydrogens is 851 g/mol. The van der Waals surface area contributed by atoms with Gasteiger partial charge in [-0.1, -0.05) is 87.4 Å². The standard InChI is InChI=1S/C28H38N.C21H13N4.Ir/c1-24(2)13-14-25(3,4)22-17-29-23(16-20(22)24)18-11-12-19-21(15-18)27(7,8)28(9,10)26(19,5)6;1-2-9-24-19(6-1)15-4-3-5-16(12-15)25-20-7-10-22-13-17(20)18-14-23-11-8-21(18)25;/h12,15-17H,13-14H2,1-10H3;1-3,5-14H;/q2*-1;. The van der Waals surface area contributed by atoms with E-state index in [9.17, 15) is 0 Å². The van der Waals surface area contributed by atoms with Gasteiger partial charge in [0.25, 0.3) is 0 Å². The van der Waals surface area contributed by atoms with Crippen LogP contribution in [0.25, 0.3) is 50.0 Å². The van der Waals surface area contributed by atoms with Crippen molar-refractivity contribution in [3.8, 4) is 28.2 Å². The first-order chi connectivity index (χ1) is 25.5. The number of rotatable bonds is 3.